The Morgan fingerprint density at radius 2 is 1.26 bits per heavy atom. The van der Waals surface area contributed by atoms with Gasteiger partial charge in [-0.05, 0) is 23.3 Å². The van der Waals surface area contributed by atoms with Crippen molar-refractivity contribution in [2.75, 3.05) is 0 Å². The minimum absolute atomic E-state index is 0.182. The van der Waals surface area contributed by atoms with Gasteiger partial charge in [0.2, 0.25) is 0 Å². The van der Waals surface area contributed by atoms with Crippen molar-refractivity contribution in [2.24, 2.45) is 0 Å². The number of hydrogen-bond acceptors (Lipinski definition) is 2. The molecule has 0 aliphatic rings. The molecule has 3 rings (SSSR count). The Morgan fingerprint density at radius 1 is 0.739 bits per heavy atom. The van der Waals surface area contributed by atoms with E-state index in [1.807, 2.05) is 78.9 Å². The summed E-state index contributed by atoms with van der Waals surface area (Å²) in [6.45, 7) is 0. The van der Waals surface area contributed by atoms with Crippen LogP contribution in [0.4, 0.5) is 0 Å². The van der Waals surface area contributed by atoms with E-state index >= 15 is 0 Å². The fourth-order valence-corrected chi connectivity index (χ4v) is 3.57. The van der Waals surface area contributed by atoms with Gasteiger partial charge >= 0.3 is 0 Å². The molecule has 114 valence electrons. The molecule has 0 saturated heterocycles. The lowest BCUT2D eigenvalue weighted by molar-refractivity contribution is -0.118. The lowest BCUT2D eigenvalue weighted by Gasteiger charge is -2.16. The zero-order valence-electron chi connectivity index (χ0n) is 12.8. The molecule has 0 fully saturated rings. The van der Waals surface area contributed by atoms with E-state index in [2.05, 4.69) is 12.1 Å². The number of carbonyl (C=O) groups is 1. The molecule has 3 aromatic rings. The van der Waals surface area contributed by atoms with Gasteiger partial charge in [0.05, 0.1) is 5.25 Å². The molecule has 0 saturated carbocycles. The fourth-order valence-electron chi connectivity index (χ4n) is 2.47. The van der Waals surface area contributed by atoms with Gasteiger partial charge in [0.15, 0.2) is 5.78 Å². The SMILES string of the molecule is O=C(Cc1ccccc1)C(Sc1ccccc1)c1ccccc1. The Morgan fingerprint density at radius 3 is 1.87 bits per heavy atom. The molecule has 0 spiro atoms. The summed E-state index contributed by atoms with van der Waals surface area (Å²) >= 11 is 1.62. The Bertz CT molecular complexity index is 739. The molecule has 0 amide bonds. The monoisotopic (exact) mass is 318 g/mol. The number of rotatable bonds is 6. The predicted molar refractivity (Wildman–Crippen MR) is 96.6 cm³/mol. The van der Waals surface area contributed by atoms with Crippen LogP contribution in [0.25, 0.3) is 0 Å². The third-order valence-electron chi connectivity index (χ3n) is 3.61. The van der Waals surface area contributed by atoms with Crippen LogP contribution in [0.3, 0.4) is 0 Å². The molecular weight excluding hydrogens is 300 g/mol. The van der Waals surface area contributed by atoms with Crippen LogP contribution in [0.1, 0.15) is 16.4 Å². The van der Waals surface area contributed by atoms with Crippen LogP contribution in [0.5, 0.6) is 0 Å². The fraction of sp³-hybridized carbons (Fsp3) is 0.0952. The normalized spacial score (nSPS) is 11.8. The highest BCUT2D eigenvalue weighted by Crippen LogP contribution is 2.36. The number of Topliss-reactive ketones (excluding diaryl/α,β-unsaturated/α-hetero) is 1. The van der Waals surface area contributed by atoms with Gasteiger partial charge in [-0.3, -0.25) is 4.79 Å². The van der Waals surface area contributed by atoms with Gasteiger partial charge in [0.1, 0.15) is 0 Å². The third kappa shape index (κ3) is 4.33. The van der Waals surface area contributed by atoms with Crippen molar-refractivity contribution < 1.29 is 4.79 Å². The zero-order chi connectivity index (χ0) is 15.9. The van der Waals surface area contributed by atoms with E-state index in [0.29, 0.717) is 6.42 Å². The van der Waals surface area contributed by atoms with E-state index in [9.17, 15) is 4.79 Å². The van der Waals surface area contributed by atoms with Crippen molar-refractivity contribution in [1.82, 2.24) is 0 Å². The van der Waals surface area contributed by atoms with Gasteiger partial charge in [-0.25, -0.2) is 0 Å². The summed E-state index contributed by atoms with van der Waals surface area (Å²) in [6, 6.07) is 30.1. The first kappa shape index (κ1) is 15.6. The maximum atomic E-state index is 12.9. The van der Waals surface area contributed by atoms with E-state index in [1.54, 1.807) is 11.8 Å². The van der Waals surface area contributed by atoms with E-state index in [-0.39, 0.29) is 11.0 Å². The van der Waals surface area contributed by atoms with Crippen molar-refractivity contribution in [2.45, 2.75) is 16.6 Å². The summed E-state index contributed by atoms with van der Waals surface area (Å²) < 4.78 is 0. The van der Waals surface area contributed by atoms with Crippen LogP contribution >= 0.6 is 11.8 Å². The van der Waals surface area contributed by atoms with E-state index < -0.39 is 0 Å². The summed E-state index contributed by atoms with van der Waals surface area (Å²) in [5, 5.41) is -0.182. The molecule has 23 heavy (non-hydrogen) atoms. The van der Waals surface area contributed by atoms with Crippen molar-refractivity contribution in [3.05, 3.63) is 102 Å². The van der Waals surface area contributed by atoms with E-state index in [0.717, 1.165) is 16.0 Å². The van der Waals surface area contributed by atoms with Crippen molar-refractivity contribution in [3.8, 4) is 0 Å². The summed E-state index contributed by atoms with van der Waals surface area (Å²) in [7, 11) is 0. The number of hydrogen-bond donors (Lipinski definition) is 0. The van der Waals surface area contributed by atoms with Crippen LogP contribution in [-0.4, -0.2) is 5.78 Å². The lowest BCUT2D eigenvalue weighted by Crippen LogP contribution is -2.12. The highest BCUT2D eigenvalue weighted by Gasteiger charge is 2.21. The van der Waals surface area contributed by atoms with Crippen LogP contribution in [-0.2, 0) is 11.2 Å². The molecule has 0 heterocycles. The predicted octanol–water partition coefficient (Wildman–Crippen LogP) is 5.33. The van der Waals surface area contributed by atoms with Crippen molar-refractivity contribution >= 4 is 17.5 Å². The molecule has 0 radical (unpaired) electrons. The maximum Gasteiger partial charge on any atom is 0.154 e. The van der Waals surface area contributed by atoms with Gasteiger partial charge in [-0.15, -0.1) is 11.8 Å². The standard InChI is InChI=1S/C21H18OS/c22-20(16-17-10-4-1-5-11-17)21(18-12-6-2-7-13-18)23-19-14-8-3-9-15-19/h1-15,21H,16H2. The molecule has 1 unspecified atom stereocenters. The topological polar surface area (TPSA) is 17.1 Å². The molecule has 1 atom stereocenters. The maximum absolute atomic E-state index is 12.9. The largest absolute Gasteiger partial charge is 0.298 e. The van der Waals surface area contributed by atoms with Crippen LogP contribution < -0.4 is 0 Å². The van der Waals surface area contributed by atoms with Crippen LogP contribution in [0.15, 0.2) is 95.9 Å². The van der Waals surface area contributed by atoms with Crippen molar-refractivity contribution in [3.63, 3.8) is 0 Å². The van der Waals surface area contributed by atoms with Crippen molar-refractivity contribution in [1.29, 1.82) is 0 Å². The lowest BCUT2D eigenvalue weighted by atomic mass is 10.0. The molecule has 0 N–H and O–H groups in total. The average Bonchev–Trinajstić information content (AvgIpc) is 2.62. The highest BCUT2D eigenvalue weighted by atomic mass is 32.2. The molecule has 0 bridgehead atoms. The molecule has 0 aromatic heterocycles. The first-order valence-electron chi connectivity index (χ1n) is 7.66. The molecule has 0 aliphatic carbocycles. The minimum Gasteiger partial charge on any atom is -0.298 e. The minimum atomic E-state index is -0.182. The number of benzene rings is 3. The Balaban J connectivity index is 1.84. The van der Waals surface area contributed by atoms with Gasteiger partial charge in [0.25, 0.3) is 0 Å². The van der Waals surface area contributed by atoms with Gasteiger partial charge in [-0.2, -0.15) is 0 Å². The summed E-state index contributed by atoms with van der Waals surface area (Å²) in [5.74, 6) is 0.233. The second kappa shape index (κ2) is 7.80. The Kier molecular flexibility index (Phi) is 5.28. The number of thioether (sulfide) groups is 1. The first-order chi connectivity index (χ1) is 11.3. The van der Waals surface area contributed by atoms with E-state index in [4.69, 9.17) is 0 Å². The van der Waals surface area contributed by atoms with Crippen LogP contribution in [0, 0.1) is 0 Å². The Labute approximate surface area is 141 Å². The summed E-state index contributed by atoms with van der Waals surface area (Å²) in [4.78, 5) is 14.0. The quantitative estimate of drug-likeness (QED) is 0.571. The first-order valence-corrected chi connectivity index (χ1v) is 8.54. The number of carbonyl (C=O) groups excluding carboxylic acids is 1. The third-order valence-corrected chi connectivity index (χ3v) is 4.93. The summed E-state index contributed by atoms with van der Waals surface area (Å²) in [6.07, 6.45) is 0.459. The molecular formula is C21H18OS. The Hall–Kier alpha value is -2.32. The molecule has 0 aliphatic heterocycles. The zero-order valence-corrected chi connectivity index (χ0v) is 13.6. The van der Waals surface area contributed by atoms with Gasteiger partial charge in [0, 0.05) is 11.3 Å². The van der Waals surface area contributed by atoms with Gasteiger partial charge in [-0.1, -0.05) is 78.9 Å². The second-order valence-corrected chi connectivity index (χ2v) is 6.53. The molecule has 1 nitrogen and oxygen atoms in total. The highest BCUT2D eigenvalue weighted by molar-refractivity contribution is 8.00. The van der Waals surface area contributed by atoms with E-state index in [1.165, 1.54) is 0 Å². The van der Waals surface area contributed by atoms with Gasteiger partial charge < -0.3 is 0 Å². The number of ketones is 1. The average molecular weight is 318 g/mol. The smallest absolute Gasteiger partial charge is 0.154 e. The summed E-state index contributed by atoms with van der Waals surface area (Å²) in [5.41, 5.74) is 2.12. The molecule has 2 heteroatoms. The van der Waals surface area contributed by atoms with Crippen LogP contribution in [0.2, 0.25) is 0 Å². The second-order valence-electron chi connectivity index (χ2n) is 5.35. The molecule has 3 aromatic carbocycles.